The quantitative estimate of drug-likeness (QED) is 0.550. The molecule has 1 amide bonds. The summed E-state index contributed by atoms with van der Waals surface area (Å²) in [7, 11) is 0. The molecule has 4 aromatic rings. The molecule has 0 radical (unpaired) electrons. The summed E-state index contributed by atoms with van der Waals surface area (Å²) in [4.78, 5) is 14.2. The standard InChI is InChI=1S/C21H17ClN4O/c1-13-5-3-4-6-17(13)21(27)23-18-12-20-19(11-14(18)2)24-26(25-20)16-9-7-15(22)8-10-16/h3-12H,1-2H3,(H,23,27). The van der Waals surface area contributed by atoms with Crippen molar-refractivity contribution < 1.29 is 4.79 Å². The zero-order valence-corrected chi connectivity index (χ0v) is 15.7. The molecule has 0 unspecified atom stereocenters. The summed E-state index contributed by atoms with van der Waals surface area (Å²) in [6, 6.07) is 18.6. The van der Waals surface area contributed by atoms with Crippen molar-refractivity contribution in [3.05, 3.63) is 82.4 Å². The van der Waals surface area contributed by atoms with Crippen LogP contribution in [0.2, 0.25) is 5.02 Å². The molecule has 0 aliphatic carbocycles. The van der Waals surface area contributed by atoms with E-state index in [1.807, 2.05) is 62.4 Å². The van der Waals surface area contributed by atoms with Crippen LogP contribution in [0.4, 0.5) is 5.69 Å². The van der Waals surface area contributed by atoms with E-state index in [-0.39, 0.29) is 5.91 Å². The molecule has 0 saturated heterocycles. The SMILES string of the molecule is Cc1cc2nn(-c3ccc(Cl)cc3)nc2cc1NC(=O)c1ccccc1C. The summed E-state index contributed by atoms with van der Waals surface area (Å²) in [5, 5.41) is 12.7. The lowest BCUT2D eigenvalue weighted by molar-refractivity contribution is 0.102. The first-order chi connectivity index (χ1) is 13.0. The summed E-state index contributed by atoms with van der Waals surface area (Å²) in [6.45, 7) is 3.86. The number of anilines is 1. The lowest BCUT2D eigenvalue weighted by atomic mass is 10.1. The predicted molar refractivity (Wildman–Crippen MR) is 108 cm³/mol. The van der Waals surface area contributed by atoms with Gasteiger partial charge in [0.1, 0.15) is 11.0 Å². The number of fused-ring (bicyclic) bond motifs is 1. The number of nitrogens with zero attached hydrogens (tertiary/aromatic N) is 3. The molecular weight excluding hydrogens is 360 g/mol. The Balaban J connectivity index is 1.68. The second-order valence-corrected chi connectivity index (χ2v) is 6.83. The summed E-state index contributed by atoms with van der Waals surface area (Å²) in [5.74, 6) is -0.138. The fraction of sp³-hybridized carbons (Fsp3) is 0.0952. The van der Waals surface area contributed by atoms with Crippen LogP contribution in [0.1, 0.15) is 21.5 Å². The second-order valence-electron chi connectivity index (χ2n) is 6.39. The third kappa shape index (κ3) is 3.41. The first kappa shape index (κ1) is 17.2. The Kier molecular flexibility index (Phi) is 4.38. The van der Waals surface area contributed by atoms with Crippen molar-refractivity contribution >= 4 is 34.2 Å². The molecule has 0 saturated carbocycles. The van der Waals surface area contributed by atoms with Crippen LogP contribution < -0.4 is 5.32 Å². The lowest BCUT2D eigenvalue weighted by Gasteiger charge is -2.09. The molecule has 0 aliphatic rings. The summed E-state index contributed by atoms with van der Waals surface area (Å²) >= 11 is 5.94. The van der Waals surface area contributed by atoms with Crippen molar-refractivity contribution in [2.24, 2.45) is 0 Å². The van der Waals surface area contributed by atoms with Gasteiger partial charge < -0.3 is 5.32 Å². The van der Waals surface area contributed by atoms with Gasteiger partial charge in [-0.15, -0.1) is 10.2 Å². The van der Waals surface area contributed by atoms with Gasteiger partial charge >= 0.3 is 0 Å². The number of carbonyl (C=O) groups is 1. The van der Waals surface area contributed by atoms with Gasteiger partial charge in [0.15, 0.2) is 0 Å². The van der Waals surface area contributed by atoms with E-state index in [0.29, 0.717) is 16.1 Å². The largest absolute Gasteiger partial charge is 0.322 e. The molecule has 3 aromatic carbocycles. The number of amides is 1. The zero-order valence-electron chi connectivity index (χ0n) is 14.9. The maximum absolute atomic E-state index is 12.6. The topological polar surface area (TPSA) is 59.8 Å². The first-order valence-electron chi connectivity index (χ1n) is 8.52. The van der Waals surface area contributed by atoms with E-state index in [0.717, 1.165) is 28.0 Å². The van der Waals surface area contributed by atoms with Crippen LogP contribution in [-0.4, -0.2) is 20.9 Å². The van der Waals surface area contributed by atoms with Crippen molar-refractivity contribution in [1.82, 2.24) is 15.0 Å². The fourth-order valence-electron chi connectivity index (χ4n) is 2.91. The molecule has 4 rings (SSSR count). The molecule has 0 atom stereocenters. The highest BCUT2D eigenvalue weighted by Gasteiger charge is 2.13. The summed E-state index contributed by atoms with van der Waals surface area (Å²) in [5.41, 5.74) is 5.52. The van der Waals surface area contributed by atoms with Crippen LogP contribution in [-0.2, 0) is 0 Å². The van der Waals surface area contributed by atoms with Gasteiger partial charge in [0.25, 0.3) is 5.91 Å². The average molecular weight is 377 g/mol. The second kappa shape index (κ2) is 6.85. The van der Waals surface area contributed by atoms with E-state index >= 15 is 0 Å². The first-order valence-corrected chi connectivity index (χ1v) is 8.90. The summed E-state index contributed by atoms with van der Waals surface area (Å²) in [6.07, 6.45) is 0. The Bertz CT molecular complexity index is 1150. The number of carbonyl (C=O) groups excluding carboxylic acids is 1. The lowest BCUT2D eigenvalue weighted by Crippen LogP contribution is -2.14. The van der Waals surface area contributed by atoms with Crippen molar-refractivity contribution in [2.45, 2.75) is 13.8 Å². The van der Waals surface area contributed by atoms with E-state index in [9.17, 15) is 4.79 Å². The predicted octanol–water partition coefficient (Wildman–Crippen LogP) is 4.94. The molecule has 5 nitrogen and oxygen atoms in total. The number of nitrogens with one attached hydrogen (secondary N) is 1. The molecule has 0 fully saturated rings. The summed E-state index contributed by atoms with van der Waals surface area (Å²) < 4.78 is 0. The molecule has 6 heteroatoms. The minimum atomic E-state index is -0.138. The number of aromatic nitrogens is 3. The van der Waals surface area contributed by atoms with Crippen molar-refractivity contribution in [1.29, 1.82) is 0 Å². The minimum absolute atomic E-state index is 0.138. The Hall–Kier alpha value is -3.18. The highest BCUT2D eigenvalue weighted by Crippen LogP contribution is 2.23. The van der Waals surface area contributed by atoms with E-state index in [1.165, 1.54) is 0 Å². The highest BCUT2D eigenvalue weighted by atomic mass is 35.5. The van der Waals surface area contributed by atoms with Gasteiger partial charge in [-0.25, -0.2) is 0 Å². The van der Waals surface area contributed by atoms with Crippen molar-refractivity contribution in [3.63, 3.8) is 0 Å². The van der Waals surface area contributed by atoms with E-state index in [1.54, 1.807) is 16.9 Å². The molecule has 0 bridgehead atoms. The molecule has 134 valence electrons. The smallest absolute Gasteiger partial charge is 0.255 e. The molecular formula is C21H17ClN4O. The van der Waals surface area contributed by atoms with Gasteiger partial charge in [0.2, 0.25) is 0 Å². The van der Waals surface area contributed by atoms with Crippen molar-refractivity contribution in [2.75, 3.05) is 5.32 Å². The minimum Gasteiger partial charge on any atom is -0.322 e. The normalized spacial score (nSPS) is 10.9. The van der Waals surface area contributed by atoms with Gasteiger partial charge in [0, 0.05) is 16.3 Å². The van der Waals surface area contributed by atoms with Gasteiger partial charge in [-0.3, -0.25) is 4.79 Å². The molecule has 1 heterocycles. The number of hydrogen-bond acceptors (Lipinski definition) is 3. The van der Waals surface area contributed by atoms with E-state index in [4.69, 9.17) is 11.6 Å². The van der Waals surface area contributed by atoms with Crippen LogP contribution in [0.3, 0.4) is 0 Å². The molecule has 0 aliphatic heterocycles. The van der Waals surface area contributed by atoms with Crippen LogP contribution in [0.15, 0.2) is 60.7 Å². The monoisotopic (exact) mass is 376 g/mol. The number of halogens is 1. The van der Waals surface area contributed by atoms with Crippen LogP contribution in [0.5, 0.6) is 0 Å². The third-order valence-electron chi connectivity index (χ3n) is 4.42. The number of hydrogen-bond donors (Lipinski definition) is 1. The molecule has 1 N–H and O–H groups in total. The number of rotatable bonds is 3. The maximum atomic E-state index is 12.6. The Morgan fingerprint density at radius 1 is 0.926 bits per heavy atom. The number of aryl methyl sites for hydroxylation is 2. The van der Waals surface area contributed by atoms with Gasteiger partial charge in [-0.1, -0.05) is 29.8 Å². The zero-order chi connectivity index (χ0) is 19.0. The third-order valence-corrected chi connectivity index (χ3v) is 4.67. The Labute approximate surface area is 161 Å². The molecule has 1 aromatic heterocycles. The van der Waals surface area contributed by atoms with Crippen LogP contribution >= 0.6 is 11.6 Å². The highest BCUT2D eigenvalue weighted by molar-refractivity contribution is 6.30. The fourth-order valence-corrected chi connectivity index (χ4v) is 3.04. The van der Waals surface area contributed by atoms with Crippen molar-refractivity contribution in [3.8, 4) is 5.69 Å². The molecule has 0 spiro atoms. The van der Waals surface area contributed by atoms with Gasteiger partial charge in [-0.2, -0.15) is 4.80 Å². The maximum Gasteiger partial charge on any atom is 0.255 e. The van der Waals surface area contributed by atoms with Gasteiger partial charge in [-0.05, 0) is 67.4 Å². The van der Waals surface area contributed by atoms with Crippen LogP contribution in [0.25, 0.3) is 16.7 Å². The van der Waals surface area contributed by atoms with E-state index < -0.39 is 0 Å². The van der Waals surface area contributed by atoms with Crippen LogP contribution in [0, 0.1) is 13.8 Å². The van der Waals surface area contributed by atoms with E-state index in [2.05, 4.69) is 15.5 Å². The molecule has 27 heavy (non-hydrogen) atoms. The van der Waals surface area contributed by atoms with Gasteiger partial charge in [0.05, 0.1) is 5.69 Å². The average Bonchev–Trinajstić information content (AvgIpc) is 3.05. The Morgan fingerprint density at radius 3 is 2.30 bits per heavy atom. The number of benzene rings is 3. The Morgan fingerprint density at radius 2 is 1.59 bits per heavy atom.